The predicted molar refractivity (Wildman–Crippen MR) is 146 cm³/mol. The van der Waals surface area contributed by atoms with Gasteiger partial charge in [-0.05, 0) is 66.8 Å². The summed E-state index contributed by atoms with van der Waals surface area (Å²) in [5.41, 5.74) is 2.27. The Kier molecular flexibility index (Phi) is 10.7. The highest BCUT2D eigenvalue weighted by Gasteiger charge is 2.29. The summed E-state index contributed by atoms with van der Waals surface area (Å²) in [4.78, 5) is 32.0. The number of nitrogens with zero attached hydrogens (tertiary/aromatic N) is 2. The van der Waals surface area contributed by atoms with Crippen molar-refractivity contribution in [3.8, 4) is 11.5 Å². The van der Waals surface area contributed by atoms with Crippen molar-refractivity contribution in [3.05, 3.63) is 45.6 Å². The molecule has 7 heteroatoms. The van der Waals surface area contributed by atoms with Crippen molar-refractivity contribution >= 4 is 23.2 Å². The third-order valence-corrected chi connectivity index (χ3v) is 7.96. The van der Waals surface area contributed by atoms with Gasteiger partial charge in [0.2, 0.25) is 11.8 Å². The van der Waals surface area contributed by atoms with Gasteiger partial charge in [0, 0.05) is 23.9 Å². The quantitative estimate of drug-likeness (QED) is 0.364. The average molecular weight is 515 g/mol. The third-order valence-electron chi connectivity index (χ3n) is 6.95. The van der Waals surface area contributed by atoms with E-state index >= 15 is 0 Å². The van der Waals surface area contributed by atoms with Gasteiger partial charge in [0.1, 0.15) is 0 Å². The number of benzene rings is 1. The van der Waals surface area contributed by atoms with Gasteiger partial charge in [-0.3, -0.25) is 9.59 Å². The lowest BCUT2D eigenvalue weighted by Gasteiger charge is -2.32. The van der Waals surface area contributed by atoms with Gasteiger partial charge in [0.15, 0.2) is 11.5 Å². The SMILES string of the molecule is COc1ccc(CCN(Cc2sccc2C)C(=O)CN(CC(C)C)C(=O)C2CCCCC2)cc1OC. The molecule has 1 aliphatic rings. The first kappa shape index (κ1) is 28.0. The number of methoxy groups -OCH3 is 2. The summed E-state index contributed by atoms with van der Waals surface area (Å²) in [6, 6.07) is 7.97. The number of amides is 2. The summed E-state index contributed by atoms with van der Waals surface area (Å²) in [6.07, 6.45) is 6.00. The van der Waals surface area contributed by atoms with Crippen molar-refractivity contribution in [2.75, 3.05) is 33.9 Å². The molecule has 6 nitrogen and oxygen atoms in total. The smallest absolute Gasteiger partial charge is 0.242 e. The van der Waals surface area contributed by atoms with Crippen LogP contribution in [0, 0.1) is 18.8 Å². The number of hydrogen-bond acceptors (Lipinski definition) is 5. The highest BCUT2D eigenvalue weighted by Crippen LogP contribution is 2.28. The van der Waals surface area contributed by atoms with Crippen molar-refractivity contribution in [2.24, 2.45) is 11.8 Å². The first-order valence-electron chi connectivity index (χ1n) is 13.1. The second kappa shape index (κ2) is 13.7. The first-order valence-corrected chi connectivity index (χ1v) is 14.0. The van der Waals surface area contributed by atoms with E-state index in [1.165, 1.54) is 16.9 Å². The number of hydrogen-bond donors (Lipinski definition) is 0. The van der Waals surface area contributed by atoms with Crippen LogP contribution >= 0.6 is 11.3 Å². The molecule has 0 N–H and O–H groups in total. The molecule has 1 fully saturated rings. The Morgan fingerprint density at radius 1 is 1.03 bits per heavy atom. The molecule has 2 amide bonds. The van der Waals surface area contributed by atoms with Crippen LogP contribution in [0.15, 0.2) is 29.6 Å². The zero-order valence-corrected chi connectivity index (χ0v) is 23.4. The fourth-order valence-corrected chi connectivity index (χ4v) is 5.80. The standard InChI is InChI=1S/C29H42N2O4S/c1-21(2)18-31(29(33)24-9-7-6-8-10-24)20-28(32)30(19-27-22(3)14-16-36-27)15-13-23-11-12-25(34-4)26(17-23)35-5/h11-12,14,16-17,21,24H,6-10,13,15,18-20H2,1-5H3. The van der Waals surface area contributed by atoms with E-state index in [2.05, 4.69) is 32.2 Å². The van der Waals surface area contributed by atoms with Crippen LogP contribution in [0.4, 0.5) is 0 Å². The Morgan fingerprint density at radius 3 is 2.36 bits per heavy atom. The van der Waals surface area contributed by atoms with Crippen molar-refractivity contribution in [1.82, 2.24) is 9.80 Å². The normalized spacial score (nSPS) is 14.1. The van der Waals surface area contributed by atoms with Crippen LogP contribution < -0.4 is 9.47 Å². The van der Waals surface area contributed by atoms with Gasteiger partial charge in [-0.25, -0.2) is 0 Å². The minimum Gasteiger partial charge on any atom is -0.493 e. The highest BCUT2D eigenvalue weighted by atomic mass is 32.1. The number of rotatable bonds is 12. The molecule has 1 heterocycles. The maximum absolute atomic E-state index is 13.7. The lowest BCUT2D eigenvalue weighted by atomic mass is 9.88. The number of carbonyl (C=O) groups excluding carboxylic acids is 2. The van der Waals surface area contributed by atoms with Crippen LogP contribution in [0.3, 0.4) is 0 Å². The van der Waals surface area contributed by atoms with E-state index in [4.69, 9.17) is 9.47 Å². The fraction of sp³-hybridized carbons (Fsp3) is 0.586. The second-order valence-electron chi connectivity index (χ2n) is 10.2. The van der Waals surface area contributed by atoms with Crippen molar-refractivity contribution in [3.63, 3.8) is 0 Å². The molecule has 0 bridgehead atoms. The number of aryl methyl sites for hydroxylation is 1. The Hall–Kier alpha value is -2.54. The van der Waals surface area contributed by atoms with Gasteiger partial charge < -0.3 is 19.3 Å². The number of ether oxygens (including phenoxy) is 2. The first-order chi connectivity index (χ1) is 17.3. The molecule has 1 aromatic heterocycles. The van der Waals surface area contributed by atoms with Crippen LogP contribution in [-0.2, 0) is 22.6 Å². The minimum absolute atomic E-state index is 0.00749. The topological polar surface area (TPSA) is 59.1 Å². The zero-order valence-electron chi connectivity index (χ0n) is 22.5. The van der Waals surface area contributed by atoms with E-state index in [-0.39, 0.29) is 24.3 Å². The summed E-state index contributed by atoms with van der Waals surface area (Å²) in [7, 11) is 3.25. The molecule has 0 atom stereocenters. The van der Waals surface area contributed by atoms with Crippen molar-refractivity contribution < 1.29 is 19.1 Å². The fourth-order valence-electron chi connectivity index (χ4n) is 4.88. The average Bonchev–Trinajstić information content (AvgIpc) is 3.29. The summed E-state index contributed by atoms with van der Waals surface area (Å²) in [5.74, 6) is 1.91. The molecular formula is C29H42N2O4S. The van der Waals surface area contributed by atoms with E-state index in [0.717, 1.165) is 31.2 Å². The van der Waals surface area contributed by atoms with E-state index in [1.54, 1.807) is 25.6 Å². The van der Waals surface area contributed by atoms with Gasteiger partial charge in [-0.2, -0.15) is 0 Å². The molecule has 1 aliphatic carbocycles. The molecule has 1 aromatic carbocycles. The van der Waals surface area contributed by atoms with Gasteiger partial charge >= 0.3 is 0 Å². The van der Waals surface area contributed by atoms with E-state index < -0.39 is 0 Å². The Morgan fingerprint density at radius 2 is 1.75 bits per heavy atom. The Bertz CT molecular complexity index is 997. The molecule has 0 aliphatic heterocycles. The molecule has 0 radical (unpaired) electrons. The number of thiophene rings is 1. The zero-order chi connectivity index (χ0) is 26.1. The van der Waals surface area contributed by atoms with Gasteiger partial charge in [0.25, 0.3) is 0 Å². The van der Waals surface area contributed by atoms with Crippen LogP contribution in [0.25, 0.3) is 0 Å². The maximum atomic E-state index is 13.7. The summed E-state index contributed by atoms with van der Waals surface area (Å²) >= 11 is 1.68. The Balaban J connectivity index is 1.76. The summed E-state index contributed by atoms with van der Waals surface area (Å²) in [5, 5.41) is 2.07. The largest absolute Gasteiger partial charge is 0.493 e. The maximum Gasteiger partial charge on any atom is 0.242 e. The summed E-state index contributed by atoms with van der Waals surface area (Å²) in [6.45, 7) is 8.18. The molecule has 198 valence electrons. The molecule has 1 saturated carbocycles. The van der Waals surface area contributed by atoms with Crippen LogP contribution in [0.2, 0.25) is 0 Å². The van der Waals surface area contributed by atoms with E-state index in [0.29, 0.717) is 43.5 Å². The van der Waals surface area contributed by atoms with Gasteiger partial charge in [0.05, 0.1) is 27.3 Å². The lowest BCUT2D eigenvalue weighted by Crippen LogP contribution is -2.46. The molecule has 3 rings (SSSR count). The van der Waals surface area contributed by atoms with Crippen molar-refractivity contribution in [2.45, 2.75) is 65.8 Å². The molecular weight excluding hydrogens is 472 g/mol. The predicted octanol–water partition coefficient (Wildman–Crippen LogP) is 5.71. The lowest BCUT2D eigenvalue weighted by molar-refractivity contribution is -0.144. The summed E-state index contributed by atoms with van der Waals surface area (Å²) < 4.78 is 10.8. The van der Waals surface area contributed by atoms with Crippen LogP contribution in [0.1, 0.15) is 62.0 Å². The van der Waals surface area contributed by atoms with E-state index in [1.807, 2.05) is 28.0 Å². The Labute approximate surface area is 220 Å². The minimum atomic E-state index is 0.00749. The van der Waals surface area contributed by atoms with Gasteiger partial charge in [-0.15, -0.1) is 11.3 Å². The van der Waals surface area contributed by atoms with Crippen molar-refractivity contribution in [1.29, 1.82) is 0 Å². The number of carbonyl (C=O) groups is 2. The van der Waals surface area contributed by atoms with Crippen LogP contribution in [-0.4, -0.2) is 55.5 Å². The molecule has 0 saturated heterocycles. The monoisotopic (exact) mass is 514 g/mol. The molecule has 36 heavy (non-hydrogen) atoms. The van der Waals surface area contributed by atoms with Gasteiger partial charge in [-0.1, -0.05) is 39.2 Å². The highest BCUT2D eigenvalue weighted by molar-refractivity contribution is 7.10. The second-order valence-corrected chi connectivity index (χ2v) is 11.2. The molecule has 0 spiro atoms. The van der Waals surface area contributed by atoms with E-state index in [9.17, 15) is 9.59 Å². The molecule has 2 aromatic rings. The molecule has 0 unspecified atom stereocenters. The van der Waals surface area contributed by atoms with Crippen LogP contribution in [0.5, 0.6) is 11.5 Å². The third kappa shape index (κ3) is 7.73.